The highest BCUT2D eigenvalue weighted by Gasteiger charge is 2.24. The molecule has 2 aromatic rings. The lowest BCUT2D eigenvalue weighted by Crippen LogP contribution is -3.27. The van der Waals surface area contributed by atoms with Crippen molar-refractivity contribution >= 4 is 0 Å². The number of para-hydroxylation sites is 1. The van der Waals surface area contributed by atoms with Crippen LogP contribution in [0.15, 0.2) is 42.5 Å². The molecule has 0 amide bonds. The molecule has 2 aromatic carbocycles. The lowest BCUT2D eigenvalue weighted by atomic mass is 10.1. The predicted molar refractivity (Wildman–Crippen MR) is 89.5 cm³/mol. The quantitative estimate of drug-likeness (QED) is 0.716. The number of hydrogen-bond acceptors (Lipinski definition) is 3. The van der Waals surface area contributed by atoms with Gasteiger partial charge in [-0.25, -0.2) is 0 Å². The molecule has 0 spiro atoms. The van der Waals surface area contributed by atoms with Crippen molar-refractivity contribution in [3.05, 3.63) is 53.6 Å². The summed E-state index contributed by atoms with van der Waals surface area (Å²) in [5.74, 6) is 2.14. The highest BCUT2D eigenvalue weighted by molar-refractivity contribution is 5.44. The van der Waals surface area contributed by atoms with E-state index < -0.39 is 0 Å². The standard InChI is InChI=1S/C19H22N2O3/c22-17-4-2-1-3-16(17)13-21-9-7-20(8-10-21)12-15-5-6-18-19(11-15)24-14-23-18/h1-6,11,22H,7-10,12-14H2/p+2. The number of ether oxygens (including phenoxy) is 2. The molecule has 5 nitrogen and oxygen atoms in total. The predicted octanol–water partition coefficient (Wildman–Crippen LogP) is -0.395. The van der Waals surface area contributed by atoms with Crippen molar-refractivity contribution in [1.29, 1.82) is 0 Å². The summed E-state index contributed by atoms with van der Waals surface area (Å²) < 4.78 is 10.8. The summed E-state index contributed by atoms with van der Waals surface area (Å²) in [6.45, 7) is 6.83. The van der Waals surface area contributed by atoms with Gasteiger partial charge >= 0.3 is 0 Å². The van der Waals surface area contributed by atoms with Gasteiger partial charge < -0.3 is 24.4 Å². The van der Waals surface area contributed by atoms with Gasteiger partial charge in [0.25, 0.3) is 0 Å². The van der Waals surface area contributed by atoms with Gasteiger partial charge in [-0.05, 0) is 30.3 Å². The first-order chi connectivity index (χ1) is 11.8. The van der Waals surface area contributed by atoms with E-state index in [9.17, 15) is 5.11 Å². The van der Waals surface area contributed by atoms with E-state index in [1.165, 1.54) is 5.56 Å². The lowest BCUT2D eigenvalue weighted by Gasteiger charge is -2.30. The van der Waals surface area contributed by atoms with Gasteiger partial charge in [0.1, 0.15) is 45.0 Å². The fourth-order valence-electron chi connectivity index (χ4n) is 3.58. The van der Waals surface area contributed by atoms with Crippen LogP contribution < -0.4 is 19.3 Å². The van der Waals surface area contributed by atoms with Crippen LogP contribution in [0.5, 0.6) is 17.2 Å². The smallest absolute Gasteiger partial charge is 0.231 e. The minimum atomic E-state index is 0.333. The van der Waals surface area contributed by atoms with E-state index in [-0.39, 0.29) is 0 Å². The molecule has 0 bridgehead atoms. The molecule has 0 aromatic heterocycles. The van der Waals surface area contributed by atoms with Crippen molar-refractivity contribution in [1.82, 2.24) is 0 Å². The summed E-state index contributed by atoms with van der Waals surface area (Å²) in [5.41, 5.74) is 2.35. The largest absolute Gasteiger partial charge is 0.507 e. The summed E-state index contributed by atoms with van der Waals surface area (Å²) in [6, 6.07) is 13.9. The summed E-state index contributed by atoms with van der Waals surface area (Å²) in [7, 11) is 0. The summed E-state index contributed by atoms with van der Waals surface area (Å²) in [6.07, 6.45) is 0. The third-order valence-corrected chi connectivity index (χ3v) is 4.99. The Kier molecular flexibility index (Phi) is 4.28. The van der Waals surface area contributed by atoms with Crippen molar-refractivity contribution in [3.8, 4) is 17.2 Å². The van der Waals surface area contributed by atoms with Crippen molar-refractivity contribution < 1.29 is 24.4 Å². The molecule has 126 valence electrons. The van der Waals surface area contributed by atoms with Gasteiger partial charge in [-0.1, -0.05) is 12.1 Å². The van der Waals surface area contributed by atoms with Crippen LogP contribution in [0, 0.1) is 0 Å². The minimum Gasteiger partial charge on any atom is -0.507 e. The molecular formula is C19H24N2O3+2. The van der Waals surface area contributed by atoms with Crippen LogP contribution >= 0.6 is 0 Å². The average molecular weight is 328 g/mol. The molecule has 1 saturated heterocycles. The maximum Gasteiger partial charge on any atom is 0.231 e. The Morgan fingerprint density at radius 3 is 2.33 bits per heavy atom. The Labute approximate surface area is 142 Å². The second-order valence-corrected chi connectivity index (χ2v) is 6.67. The molecule has 0 aliphatic carbocycles. The van der Waals surface area contributed by atoms with Gasteiger partial charge in [-0.2, -0.15) is 0 Å². The SMILES string of the molecule is Oc1ccccc1C[NH+]1CC[NH+](Cc2ccc3c(c2)OCO3)CC1. The van der Waals surface area contributed by atoms with E-state index in [0.29, 0.717) is 12.5 Å². The number of phenolic OH excluding ortho intramolecular Hbond substituents is 1. The van der Waals surface area contributed by atoms with Gasteiger partial charge in [-0.3, -0.25) is 0 Å². The number of rotatable bonds is 4. The van der Waals surface area contributed by atoms with E-state index >= 15 is 0 Å². The maximum atomic E-state index is 9.92. The molecule has 0 unspecified atom stereocenters. The van der Waals surface area contributed by atoms with Crippen LogP contribution in [0.3, 0.4) is 0 Å². The molecule has 0 radical (unpaired) electrons. The zero-order valence-corrected chi connectivity index (χ0v) is 13.8. The Morgan fingerprint density at radius 1 is 0.833 bits per heavy atom. The summed E-state index contributed by atoms with van der Waals surface area (Å²) in [5, 5.41) is 9.92. The highest BCUT2D eigenvalue weighted by atomic mass is 16.7. The second kappa shape index (κ2) is 6.71. The summed E-state index contributed by atoms with van der Waals surface area (Å²) in [4.78, 5) is 3.15. The Hall–Kier alpha value is -2.24. The highest BCUT2D eigenvalue weighted by Crippen LogP contribution is 2.32. The number of nitrogens with one attached hydrogen (secondary N) is 2. The zero-order valence-electron chi connectivity index (χ0n) is 13.8. The van der Waals surface area contributed by atoms with E-state index in [4.69, 9.17) is 9.47 Å². The van der Waals surface area contributed by atoms with E-state index in [1.54, 1.807) is 15.9 Å². The van der Waals surface area contributed by atoms with Crippen LogP contribution in [-0.4, -0.2) is 38.1 Å². The van der Waals surface area contributed by atoms with Crippen molar-refractivity contribution in [3.63, 3.8) is 0 Å². The maximum absolute atomic E-state index is 9.92. The molecule has 4 rings (SSSR count). The number of fused-ring (bicyclic) bond motifs is 1. The fraction of sp³-hybridized carbons (Fsp3) is 0.368. The number of quaternary nitrogens is 2. The van der Waals surface area contributed by atoms with Crippen molar-refractivity contribution in [2.45, 2.75) is 13.1 Å². The zero-order chi connectivity index (χ0) is 16.4. The summed E-state index contributed by atoms with van der Waals surface area (Å²) >= 11 is 0. The van der Waals surface area contributed by atoms with Crippen molar-refractivity contribution in [2.24, 2.45) is 0 Å². The van der Waals surface area contributed by atoms with Crippen LogP contribution in [0.2, 0.25) is 0 Å². The second-order valence-electron chi connectivity index (χ2n) is 6.67. The first-order valence-electron chi connectivity index (χ1n) is 8.60. The van der Waals surface area contributed by atoms with Crippen LogP contribution in [-0.2, 0) is 13.1 Å². The molecule has 2 heterocycles. The van der Waals surface area contributed by atoms with E-state index in [1.807, 2.05) is 24.3 Å². The third kappa shape index (κ3) is 3.32. The minimum absolute atomic E-state index is 0.333. The van der Waals surface area contributed by atoms with Gasteiger partial charge in [-0.15, -0.1) is 0 Å². The lowest BCUT2D eigenvalue weighted by molar-refractivity contribution is -1.02. The molecule has 1 fully saturated rings. The topological polar surface area (TPSA) is 47.6 Å². The number of benzene rings is 2. The van der Waals surface area contributed by atoms with Crippen LogP contribution in [0.4, 0.5) is 0 Å². The molecule has 3 N–H and O–H groups in total. The number of piperazine rings is 1. The molecule has 24 heavy (non-hydrogen) atoms. The van der Waals surface area contributed by atoms with Gasteiger partial charge in [0, 0.05) is 11.1 Å². The third-order valence-electron chi connectivity index (χ3n) is 4.99. The molecule has 0 atom stereocenters. The molecular weight excluding hydrogens is 304 g/mol. The normalized spacial score (nSPS) is 22.5. The number of hydrogen-bond donors (Lipinski definition) is 3. The molecule has 2 aliphatic heterocycles. The van der Waals surface area contributed by atoms with Gasteiger partial charge in [0.2, 0.25) is 6.79 Å². The Morgan fingerprint density at radius 2 is 1.54 bits per heavy atom. The average Bonchev–Trinajstić information content (AvgIpc) is 3.06. The van der Waals surface area contributed by atoms with E-state index in [0.717, 1.165) is 56.3 Å². The molecule has 2 aliphatic rings. The van der Waals surface area contributed by atoms with Crippen molar-refractivity contribution in [2.75, 3.05) is 33.0 Å². The first kappa shape index (κ1) is 15.3. The Bertz CT molecular complexity index is 712. The number of aromatic hydroxyl groups is 1. The van der Waals surface area contributed by atoms with Crippen LogP contribution in [0.25, 0.3) is 0 Å². The fourth-order valence-corrected chi connectivity index (χ4v) is 3.58. The van der Waals surface area contributed by atoms with Gasteiger partial charge in [0.05, 0.1) is 0 Å². The van der Waals surface area contributed by atoms with Gasteiger partial charge in [0.15, 0.2) is 11.5 Å². The molecule has 5 heteroatoms. The van der Waals surface area contributed by atoms with E-state index in [2.05, 4.69) is 12.1 Å². The van der Waals surface area contributed by atoms with Crippen LogP contribution in [0.1, 0.15) is 11.1 Å². The molecule has 0 saturated carbocycles. The Balaban J connectivity index is 1.31. The number of phenols is 1. The monoisotopic (exact) mass is 328 g/mol. The first-order valence-corrected chi connectivity index (χ1v) is 8.60.